The molecule has 18 heavy (non-hydrogen) atoms. The zero-order chi connectivity index (χ0) is 13.9. The Balaban J connectivity index is 3.17. The number of carboxylic acid groups (broad SMARTS) is 1. The minimum absolute atomic E-state index is 0.184. The number of halogens is 3. The Kier molecular flexibility index (Phi) is 6.37. The lowest BCUT2D eigenvalue weighted by Gasteiger charge is -2.14. The van der Waals surface area contributed by atoms with Crippen LogP contribution in [-0.2, 0) is 9.59 Å². The van der Waals surface area contributed by atoms with Crippen LogP contribution in [0.2, 0.25) is 0 Å². The van der Waals surface area contributed by atoms with Gasteiger partial charge in [0.25, 0.3) is 0 Å². The number of anilines is 1. The summed E-state index contributed by atoms with van der Waals surface area (Å²) in [6, 6.07) is 1.83. The Labute approximate surface area is 144 Å². The number of hydrogen-bond acceptors (Lipinski definition) is 3. The molecule has 1 aromatic carbocycles. The number of aliphatic carboxylic acids is 1. The van der Waals surface area contributed by atoms with Gasteiger partial charge in [0.15, 0.2) is 6.61 Å². The average Bonchev–Trinajstić information content (AvgIpc) is 2.23. The molecule has 98 valence electrons. The normalized spacial score (nSPS) is 10.0. The van der Waals surface area contributed by atoms with E-state index in [1.807, 2.05) is 28.7 Å². The second kappa shape index (κ2) is 7.07. The smallest absolute Gasteiger partial charge is 0.341 e. The molecule has 0 radical (unpaired) electrons. The number of rotatable bonds is 4. The number of benzene rings is 1. The van der Waals surface area contributed by atoms with Crippen molar-refractivity contribution < 1.29 is 19.4 Å². The van der Waals surface area contributed by atoms with Crippen LogP contribution in [0.25, 0.3) is 0 Å². The van der Waals surface area contributed by atoms with E-state index in [-0.39, 0.29) is 5.91 Å². The van der Waals surface area contributed by atoms with Gasteiger partial charge in [0.1, 0.15) is 5.75 Å². The van der Waals surface area contributed by atoms with E-state index in [9.17, 15) is 9.59 Å². The second-order valence-electron chi connectivity index (χ2n) is 3.22. The Bertz CT molecular complexity index is 504. The molecule has 5 nitrogen and oxygen atoms in total. The molecule has 1 rings (SSSR count). The van der Waals surface area contributed by atoms with Crippen molar-refractivity contribution in [2.75, 3.05) is 11.9 Å². The summed E-state index contributed by atoms with van der Waals surface area (Å²) in [5.41, 5.74) is 0.643. The molecule has 2 N–H and O–H groups in total. The highest BCUT2D eigenvalue weighted by molar-refractivity contribution is 14.1. The fourth-order valence-electron chi connectivity index (χ4n) is 1.13. The number of hydrogen-bond donors (Lipinski definition) is 2. The maximum absolute atomic E-state index is 11.1. The fraction of sp³-hybridized carbons (Fsp3) is 0.200. The van der Waals surface area contributed by atoms with E-state index >= 15 is 0 Å². The van der Waals surface area contributed by atoms with E-state index in [0.29, 0.717) is 15.0 Å². The van der Waals surface area contributed by atoms with Crippen LogP contribution < -0.4 is 10.1 Å². The van der Waals surface area contributed by atoms with Crippen molar-refractivity contribution in [3.05, 3.63) is 16.8 Å². The molecule has 0 saturated heterocycles. The van der Waals surface area contributed by atoms with Gasteiger partial charge in [0, 0.05) is 10.5 Å². The second-order valence-corrected chi connectivity index (χ2v) is 6.63. The maximum atomic E-state index is 11.1. The van der Waals surface area contributed by atoms with E-state index in [1.54, 1.807) is 0 Å². The Morgan fingerprint density at radius 3 is 2.44 bits per heavy atom. The topological polar surface area (TPSA) is 75.6 Å². The number of carboxylic acids is 1. The summed E-state index contributed by atoms with van der Waals surface area (Å²) in [7, 11) is 0. The van der Waals surface area contributed by atoms with Gasteiger partial charge in [0.2, 0.25) is 5.91 Å². The van der Waals surface area contributed by atoms with Crippen LogP contribution >= 0.6 is 67.8 Å². The van der Waals surface area contributed by atoms with Crippen molar-refractivity contribution >= 4 is 85.3 Å². The lowest BCUT2D eigenvalue weighted by atomic mass is 10.3. The molecule has 0 atom stereocenters. The molecule has 0 heterocycles. The average molecular weight is 587 g/mol. The summed E-state index contributed by atoms with van der Waals surface area (Å²) < 4.78 is 7.61. The highest BCUT2D eigenvalue weighted by atomic mass is 127. The number of nitrogens with one attached hydrogen (secondary N) is 1. The molecule has 0 fully saturated rings. The van der Waals surface area contributed by atoms with Crippen LogP contribution in [-0.4, -0.2) is 23.6 Å². The van der Waals surface area contributed by atoms with Crippen LogP contribution in [0.4, 0.5) is 5.69 Å². The molecule has 1 amide bonds. The zero-order valence-electron chi connectivity index (χ0n) is 9.09. The van der Waals surface area contributed by atoms with Gasteiger partial charge in [-0.1, -0.05) is 0 Å². The first-order valence-corrected chi connectivity index (χ1v) is 7.86. The van der Waals surface area contributed by atoms with Crippen LogP contribution in [0.5, 0.6) is 5.75 Å². The number of carbonyl (C=O) groups excluding carboxylic acids is 1. The molecule has 0 aliphatic heterocycles. The van der Waals surface area contributed by atoms with Crippen LogP contribution in [0.15, 0.2) is 6.07 Å². The van der Waals surface area contributed by atoms with Gasteiger partial charge in [-0.3, -0.25) is 4.79 Å². The van der Waals surface area contributed by atoms with E-state index in [2.05, 4.69) is 50.5 Å². The molecular weight excluding hydrogens is 579 g/mol. The lowest BCUT2D eigenvalue weighted by Crippen LogP contribution is -2.14. The zero-order valence-corrected chi connectivity index (χ0v) is 15.6. The molecule has 8 heteroatoms. The third-order valence-corrected chi connectivity index (χ3v) is 4.45. The lowest BCUT2D eigenvalue weighted by molar-refractivity contribution is -0.139. The van der Waals surface area contributed by atoms with Crippen molar-refractivity contribution in [2.45, 2.75) is 6.92 Å². The quantitative estimate of drug-likeness (QED) is 0.533. The largest absolute Gasteiger partial charge is 0.480 e. The molecule has 0 aliphatic carbocycles. The highest BCUT2D eigenvalue weighted by Crippen LogP contribution is 2.36. The van der Waals surface area contributed by atoms with Gasteiger partial charge in [0.05, 0.1) is 12.8 Å². The fourth-order valence-corrected chi connectivity index (χ4v) is 5.08. The minimum Gasteiger partial charge on any atom is -0.480 e. The van der Waals surface area contributed by atoms with Crippen molar-refractivity contribution in [1.29, 1.82) is 0 Å². The van der Waals surface area contributed by atoms with Crippen LogP contribution in [0.1, 0.15) is 6.92 Å². The molecule has 1 aromatic rings. The predicted molar refractivity (Wildman–Crippen MR) is 92.0 cm³/mol. The molecular formula is C10H8I3NO4. The summed E-state index contributed by atoms with van der Waals surface area (Å²) in [5, 5.41) is 11.3. The molecule has 0 aliphatic rings. The van der Waals surface area contributed by atoms with Crippen LogP contribution in [0, 0.1) is 10.7 Å². The van der Waals surface area contributed by atoms with E-state index in [0.717, 1.165) is 7.14 Å². The summed E-state index contributed by atoms with van der Waals surface area (Å²) in [6.45, 7) is 1.01. The van der Waals surface area contributed by atoms with Crippen molar-refractivity contribution in [3.63, 3.8) is 0 Å². The van der Waals surface area contributed by atoms with E-state index in [1.165, 1.54) is 6.92 Å². The first kappa shape index (κ1) is 16.2. The van der Waals surface area contributed by atoms with Gasteiger partial charge in [-0.05, 0) is 73.8 Å². The Morgan fingerprint density at radius 2 is 1.94 bits per heavy atom. The Morgan fingerprint density at radius 1 is 1.33 bits per heavy atom. The minimum atomic E-state index is -1.04. The molecule has 0 spiro atoms. The van der Waals surface area contributed by atoms with E-state index in [4.69, 9.17) is 9.84 Å². The third kappa shape index (κ3) is 4.36. The summed E-state index contributed by atoms with van der Waals surface area (Å²) in [6.07, 6.45) is 0. The van der Waals surface area contributed by atoms with Gasteiger partial charge < -0.3 is 15.2 Å². The summed E-state index contributed by atoms with van der Waals surface area (Å²) in [4.78, 5) is 21.6. The summed E-state index contributed by atoms with van der Waals surface area (Å²) in [5.74, 6) is -0.750. The van der Waals surface area contributed by atoms with Gasteiger partial charge in [-0.15, -0.1) is 0 Å². The first-order valence-electron chi connectivity index (χ1n) is 4.62. The predicted octanol–water partition coefficient (Wildman–Crippen LogP) is 2.92. The van der Waals surface area contributed by atoms with Gasteiger partial charge in [-0.2, -0.15) is 0 Å². The number of ether oxygens (including phenoxy) is 1. The summed E-state index contributed by atoms with van der Waals surface area (Å²) >= 11 is 6.21. The molecule has 0 bridgehead atoms. The molecule has 0 unspecified atom stereocenters. The molecule has 0 aromatic heterocycles. The highest BCUT2D eigenvalue weighted by Gasteiger charge is 2.17. The van der Waals surface area contributed by atoms with Crippen molar-refractivity contribution in [3.8, 4) is 5.75 Å². The van der Waals surface area contributed by atoms with Gasteiger partial charge >= 0.3 is 5.97 Å². The van der Waals surface area contributed by atoms with Crippen LogP contribution in [0.3, 0.4) is 0 Å². The maximum Gasteiger partial charge on any atom is 0.341 e. The monoisotopic (exact) mass is 587 g/mol. The first-order chi connectivity index (χ1) is 8.32. The van der Waals surface area contributed by atoms with E-state index < -0.39 is 12.6 Å². The SMILES string of the molecule is CC(=O)Nc1c(I)cc(I)c(OCC(=O)O)c1I. The standard InChI is InChI=1S/C10H8I3NO4/c1-4(15)14-9-5(11)2-6(12)10(8(9)13)18-3-7(16)17/h2H,3H2,1H3,(H,14,15)(H,16,17). The van der Waals surface area contributed by atoms with Crippen molar-refractivity contribution in [1.82, 2.24) is 0 Å². The third-order valence-electron chi connectivity index (χ3n) is 1.77. The number of amides is 1. The number of carbonyl (C=O) groups is 2. The van der Waals surface area contributed by atoms with Crippen molar-refractivity contribution in [2.24, 2.45) is 0 Å². The molecule has 0 saturated carbocycles. The Hall–Kier alpha value is 0.150. The van der Waals surface area contributed by atoms with Gasteiger partial charge in [-0.25, -0.2) is 4.79 Å².